The molecule has 0 radical (unpaired) electrons. The summed E-state index contributed by atoms with van der Waals surface area (Å²) in [6.45, 7) is 12.3. The second kappa shape index (κ2) is 10.2. The highest BCUT2D eigenvalue weighted by molar-refractivity contribution is 5.62. The number of anilines is 2. The molecule has 3 heterocycles. The zero-order valence-electron chi connectivity index (χ0n) is 18.3. The molecule has 2 aliphatic heterocycles. The monoisotopic (exact) mass is 410 g/mol. The van der Waals surface area contributed by atoms with Gasteiger partial charge in [0.2, 0.25) is 0 Å². The fourth-order valence-corrected chi connectivity index (χ4v) is 3.98. The third-order valence-electron chi connectivity index (χ3n) is 6.01. The molecule has 2 aromatic rings. The van der Waals surface area contributed by atoms with Crippen molar-refractivity contribution in [2.75, 3.05) is 82.8 Å². The van der Waals surface area contributed by atoms with Crippen LogP contribution < -0.4 is 10.2 Å². The summed E-state index contributed by atoms with van der Waals surface area (Å²) < 4.78 is 5.41. The zero-order valence-corrected chi connectivity index (χ0v) is 18.3. The van der Waals surface area contributed by atoms with Crippen LogP contribution in [0.5, 0.6) is 0 Å². The molecule has 0 atom stereocenters. The van der Waals surface area contributed by atoms with Crippen molar-refractivity contribution >= 4 is 11.5 Å². The van der Waals surface area contributed by atoms with E-state index >= 15 is 0 Å². The maximum atomic E-state index is 5.41. The molecule has 0 saturated carbocycles. The highest BCUT2D eigenvalue weighted by atomic mass is 16.5. The van der Waals surface area contributed by atoms with E-state index in [0.717, 1.165) is 94.8 Å². The summed E-state index contributed by atoms with van der Waals surface area (Å²) in [7, 11) is 2.18. The minimum absolute atomic E-state index is 0.779. The number of hydrogen-bond acceptors (Lipinski definition) is 7. The molecule has 0 amide bonds. The topological polar surface area (TPSA) is 56.8 Å². The fraction of sp³-hybridized carbons (Fsp3) is 0.565. The summed E-state index contributed by atoms with van der Waals surface area (Å²) in [6.07, 6.45) is 3.01. The Hall–Kier alpha value is -2.22. The summed E-state index contributed by atoms with van der Waals surface area (Å²) in [5.74, 6) is 1.71. The lowest BCUT2D eigenvalue weighted by Crippen LogP contribution is -2.44. The van der Waals surface area contributed by atoms with Gasteiger partial charge in [0, 0.05) is 68.8 Å². The van der Waals surface area contributed by atoms with E-state index < -0.39 is 0 Å². The van der Waals surface area contributed by atoms with Crippen LogP contribution >= 0.6 is 0 Å². The average Bonchev–Trinajstić information content (AvgIpc) is 2.79. The van der Waals surface area contributed by atoms with Crippen molar-refractivity contribution in [3.8, 4) is 11.4 Å². The number of likely N-dealkylation sites (N-methyl/N-ethyl adjacent to an activating group) is 1. The van der Waals surface area contributed by atoms with Crippen molar-refractivity contribution in [1.29, 1.82) is 0 Å². The second-order valence-corrected chi connectivity index (χ2v) is 8.30. The predicted molar refractivity (Wildman–Crippen MR) is 122 cm³/mol. The minimum atomic E-state index is 0.779. The van der Waals surface area contributed by atoms with E-state index in [9.17, 15) is 0 Å². The Kier molecular flexibility index (Phi) is 7.15. The first-order valence-electron chi connectivity index (χ1n) is 11.1. The van der Waals surface area contributed by atoms with E-state index in [1.54, 1.807) is 0 Å². The minimum Gasteiger partial charge on any atom is -0.379 e. The highest BCUT2D eigenvalue weighted by Crippen LogP contribution is 2.23. The van der Waals surface area contributed by atoms with Gasteiger partial charge in [-0.15, -0.1) is 0 Å². The van der Waals surface area contributed by atoms with Crippen LogP contribution in [0.3, 0.4) is 0 Å². The lowest BCUT2D eigenvalue weighted by molar-refractivity contribution is 0.0378. The third kappa shape index (κ3) is 5.47. The molecule has 30 heavy (non-hydrogen) atoms. The number of ether oxygens (including phenoxy) is 1. The Morgan fingerprint density at radius 2 is 1.73 bits per heavy atom. The summed E-state index contributed by atoms with van der Waals surface area (Å²) in [5, 5.41) is 3.51. The van der Waals surface area contributed by atoms with E-state index in [1.165, 1.54) is 5.69 Å². The number of nitrogens with zero attached hydrogens (tertiary/aromatic N) is 5. The van der Waals surface area contributed by atoms with E-state index in [0.29, 0.717) is 0 Å². The molecule has 1 aromatic carbocycles. The normalized spacial score (nSPS) is 18.5. The smallest absolute Gasteiger partial charge is 0.161 e. The molecule has 0 aliphatic carbocycles. The van der Waals surface area contributed by atoms with Crippen molar-refractivity contribution in [2.24, 2.45) is 0 Å². The van der Waals surface area contributed by atoms with Crippen LogP contribution in [0, 0.1) is 6.92 Å². The number of piperazine rings is 1. The molecule has 0 spiro atoms. The van der Waals surface area contributed by atoms with Gasteiger partial charge in [0.1, 0.15) is 5.82 Å². The van der Waals surface area contributed by atoms with Crippen LogP contribution in [0.25, 0.3) is 11.4 Å². The largest absolute Gasteiger partial charge is 0.379 e. The number of aryl methyl sites for hydroxylation is 1. The molecule has 2 fully saturated rings. The Morgan fingerprint density at radius 1 is 1.00 bits per heavy atom. The Bertz CT molecular complexity index is 798. The maximum absolute atomic E-state index is 5.41. The van der Waals surface area contributed by atoms with Crippen molar-refractivity contribution in [1.82, 2.24) is 19.8 Å². The Balaban J connectivity index is 1.34. The number of morpholine rings is 1. The van der Waals surface area contributed by atoms with Crippen LogP contribution in [-0.4, -0.2) is 92.4 Å². The van der Waals surface area contributed by atoms with E-state index in [1.807, 2.05) is 6.20 Å². The summed E-state index contributed by atoms with van der Waals surface area (Å²) in [6, 6.07) is 8.67. The number of rotatable bonds is 7. The van der Waals surface area contributed by atoms with Gasteiger partial charge in [-0.25, -0.2) is 9.97 Å². The van der Waals surface area contributed by atoms with Gasteiger partial charge in [0.25, 0.3) is 0 Å². The molecule has 7 nitrogen and oxygen atoms in total. The Morgan fingerprint density at radius 3 is 2.47 bits per heavy atom. The number of nitrogens with one attached hydrogen (secondary N) is 1. The predicted octanol–water partition coefficient (Wildman–Crippen LogP) is 2.34. The molecule has 4 rings (SSSR count). The van der Waals surface area contributed by atoms with E-state index in [4.69, 9.17) is 9.72 Å². The third-order valence-corrected chi connectivity index (χ3v) is 6.01. The first-order chi connectivity index (χ1) is 14.7. The van der Waals surface area contributed by atoms with E-state index in [-0.39, 0.29) is 0 Å². The van der Waals surface area contributed by atoms with Gasteiger partial charge in [-0.3, -0.25) is 4.90 Å². The highest BCUT2D eigenvalue weighted by Gasteiger charge is 2.15. The van der Waals surface area contributed by atoms with Gasteiger partial charge in [-0.2, -0.15) is 0 Å². The van der Waals surface area contributed by atoms with Crippen LogP contribution in [0.1, 0.15) is 12.0 Å². The van der Waals surface area contributed by atoms with Crippen molar-refractivity contribution in [3.05, 3.63) is 36.0 Å². The summed E-state index contributed by atoms with van der Waals surface area (Å²) in [5.41, 5.74) is 3.42. The Labute approximate surface area is 180 Å². The van der Waals surface area contributed by atoms with Crippen molar-refractivity contribution < 1.29 is 4.74 Å². The molecule has 0 unspecified atom stereocenters. The lowest BCUT2D eigenvalue weighted by Gasteiger charge is -2.34. The number of hydrogen-bond donors (Lipinski definition) is 1. The van der Waals surface area contributed by atoms with Gasteiger partial charge in [-0.05, 0) is 51.2 Å². The standard InChI is InChI=1S/C23H34N6O/c1-19-18-25-23(26-22(19)24-8-3-9-28-14-16-30-17-15-28)20-4-6-21(7-5-20)29-12-10-27(2)11-13-29/h4-7,18H,3,8-17H2,1-2H3,(H,24,25,26). The molecular formula is C23H34N6O. The molecule has 7 heteroatoms. The van der Waals surface area contributed by atoms with Crippen LogP contribution in [0.15, 0.2) is 30.5 Å². The van der Waals surface area contributed by atoms with Crippen LogP contribution in [-0.2, 0) is 4.74 Å². The fourth-order valence-electron chi connectivity index (χ4n) is 3.98. The molecule has 1 aromatic heterocycles. The quantitative estimate of drug-likeness (QED) is 0.703. The maximum Gasteiger partial charge on any atom is 0.161 e. The SMILES string of the molecule is Cc1cnc(-c2ccc(N3CCN(C)CC3)cc2)nc1NCCCN1CCOCC1. The molecule has 0 bridgehead atoms. The molecule has 2 saturated heterocycles. The van der Waals surface area contributed by atoms with Gasteiger partial charge < -0.3 is 19.9 Å². The first-order valence-corrected chi connectivity index (χ1v) is 11.1. The molecule has 162 valence electrons. The number of aromatic nitrogens is 2. The van der Waals surface area contributed by atoms with Crippen LogP contribution in [0.2, 0.25) is 0 Å². The van der Waals surface area contributed by atoms with Crippen molar-refractivity contribution in [2.45, 2.75) is 13.3 Å². The second-order valence-electron chi connectivity index (χ2n) is 8.30. The lowest BCUT2D eigenvalue weighted by atomic mass is 10.1. The van der Waals surface area contributed by atoms with Gasteiger partial charge >= 0.3 is 0 Å². The zero-order chi connectivity index (χ0) is 20.8. The van der Waals surface area contributed by atoms with Crippen LogP contribution in [0.4, 0.5) is 11.5 Å². The number of benzene rings is 1. The van der Waals surface area contributed by atoms with E-state index in [2.05, 4.69) is 63.2 Å². The molecular weight excluding hydrogens is 376 g/mol. The summed E-state index contributed by atoms with van der Waals surface area (Å²) >= 11 is 0. The van der Waals surface area contributed by atoms with Crippen molar-refractivity contribution in [3.63, 3.8) is 0 Å². The van der Waals surface area contributed by atoms with Gasteiger partial charge in [0.15, 0.2) is 5.82 Å². The van der Waals surface area contributed by atoms with Gasteiger partial charge in [0.05, 0.1) is 13.2 Å². The first kappa shape index (κ1) is 21.0. The summed E-state index contributed by atoms with van der Waals surface area (Å²) in [4.78, 5) is 16.7. The average molecular weight is 411 g/mol. The van der Waals surface area contributed by atoms with Gasteiger partial charge in [-0.1, -0.05) is 0 Å². The molecule has 2 aliphatic rings. The molecule has 1 N–H and O–H groups in total.